The molecule has 0 amide bonds. The molecule has 0 saturated carbocycles. The first kappa shape index (κ1) is 13.2. The van der Waals surface area contributed by atoms with Gasteiger partial charge in [-0.15, -0.1) is 0 Å². The summed E-state index contributed by atoms with van der Waals surface area (Å²) in [6.45, 7) is 0. The van der Waals surface area contributed by atoms with Gasteiger partial charge >= 0.3 is 0 Å². The second-order valence-corrected chi connectivity index (χ2v) is 5.25. The highest BCUT2D eigenvalue weighted by Gasteiger charge is 2.15. The molecular weight excluding hydrogens is 293 g/mol. The Bertz CT molecular complexity index is 705. The third-order valence-corrected chi connectivity index (χ3v) is 3.67. The van der Waals surface area contributed by atoms with Gasteiger partial charge in [0.2, 0.25) is 0 Å². The molecule has 3 rings (SSSR count). The van der Waals surface area contributed by atoms with Crippen LogP contribution in [0.4, 0.5) is 0 Å². The van der Waals surface area contributed by atoms with Crippen LogP contribution >= 0.6 is 23.2 Å². The van der Waals surface area contributed by atoms with Crippen LogP contribution in [-0.4, -0.2) is 5.16 Å². The Morgan fingerprint density at radius 3 is 2.30 bits per heavy atom. The van der Waals surface area contributed by atoms with Crippen molar-refractivity contribution in [3.63, 3.8) is 0 Å². The summed E-state index contributed by atoms with van der Waals surface area (Å²) in [5, 5.41) is 5.29. The van der Waals surface area contributed by atoms with Gasteiger partial charge < -0.3 is 4.52 Å². The molecule has 100 valence electrons. The normalized spacial score (nSPS) is 10.7. The van der Waals surface area contributed by atoms with Crippen molar-refractivity contribution in [2.24, 2.45) is 0 Å². The quantitative estimate of drug-likeness (QED) is 0.661. The zero-order chi connectivity index (χ0) is 13.9. The summed E-state index contributed by atoms with van der Waals surface area (Å²) >= 11 is 12.2. The predicted octanol–water partition coefficient (Wildman–Crippen LogP) is 5.24. The van der Waals surface area contributed by atoms with Crippen molar-refractivity contribution in [2.75, 3.05) is 0 Å². The molecule has 1 aromatic heterocycles. The predicted molar refractivity (Wildman–Crippen MR) is 81.2 cm³/mol. The molecule has 4 heteroatoms. The summed E-state index contributed by atoms with van der Waals surface area (Å²) in [6, 6.07) is 17.4. The highest BCUT2D eigenvalue weighted by Crippen LogP contribution is 2.31. The molecule has 0 spiro atoms. The van der Waals surface area contributed by atoms with Crippen molar-refractivity contribution < 1.29 is 4.52 Å². The minimum absolute atomic E-state index is 0.552. The van der Waals surface area contributed by atoms with E-state index in [1.165, 1.54) is 0 Å². The second-order valence-electron chi connectivity index (χ2n) is 4.44. The third kappa shape index (κ3) is 2.72. The number of halogens is 2. The van der Waals surface area contributed by atoms with Crippen molar-refractivity contribution >= 4 is 23.2 Å². The van der Waals surface area contributed by atoms with Crippen LogP contribution < -0.4 is 0 Å². The van der Waals surface area contributed by atoms with Crippen LogP contribution in [0.25, 0.3) is 11.3 Å². The van der Waals surface area contributed by atoms with Gasteiger partial charge in [-0.05, 0) is 17.7 Å². The average Bonchev–Trinajstić information content (AvgIpc) is 2.83. The zero-order valence-electron chi connectivity index (χ0n) is 10.5. The lowest BCUT2D eigenvalue weighted by atomic mass is 10.1. The molecule has 1 heterocycles. The number of aromatic nitrogens is 1. The summed E-state index contributed by atoms with van der Waals surface area (Å²) < 4.78 is 5.37. The molecule has 0 saturated heterocycles. The molecule has 0 radical (unpaired) electrons. The molecule has 0 aliphatic carbocycles. The number of benzene rings is 2. The van der Waals surface area contributed by atoms with Gasteiger partial charge in [0.05, 0.1) is 0 Å². The lowest BCUT2D eigenvalue weighted by molar-refractivity contribution is 0.392. The molecule has 0 aliphatic heterocycles. The van der Waals surface area contributed by atoms with E-state index < -0.39 is 0 Å². The lowest BCUT2D eigenvalue weighted by Gasteiger charge is -1.98. The van der Waals surface area contributed by atoms with Gasteiger partial charge in [-0.3, -0.25) is 0 Å². The summed E-state index contributed by atoms with van der Waals surface area (Å²) in [5.74, 6) is 0.669. The average molecular weight is 304 g/mol. The Kier molecular flexibility index (Phi) is 3.77. The molecule has 0 bridgehead atoms. The van der Waals surface area contributed by atoms with Crippen LogP contribution in [0.5, 0.6) is 0 Å². The van der Waals surface area contributed by atoms with E-state index in [-0.39, 0.29) is 0 Å². The van der Waals surface area contributed by atoms with E-state index in [4.69, 9.17) is 27.7 Å². The van der Waals surface area contributed by atoms with Crippen molar-refractivity contribution in [1.82, 2.24) is 5.16 Å². The van der Waals surface area contributed by atoms with Gasteiger partial charge in [0.1, 0.15) is 10.7 Å². The summed E-state index contributed by atoms with van der Waals surface area (Å²) in [4.78, 5) is 0. The molecule has 0 aliphatic rings. The van der Waals surface area contributed by atoms with Gasteiger partial charge in [-0.1, -0.05) is 70.8 Å². The summed E-state index contributed by atoms with van der Waals surface area (Å²) in [7, 11) is 0. The maximum atomic E-state index is 6.36. The fourth-order valence-electron chi connectivity index (χ4n) is 1.99. The van der Waals surface area contributed by atoms with Crippen molar-refractivity contribution in [3.05, 3.63) is 76.0 Å². The first-order valence-corrected chi connectivity index (χ1v) is 6.93. The first-order chi connectivity index (χ1) is 9.74. The Hall–Kier alpha value is -1.77. The Balaban J connectivity index is 1.91. The van der Waals surface area contributed by atoms with E-state index >= 15 is 0 Å². The van der Waals surface area contributed by atoms with Gasteiger partial charge in [0, 0.05) is 17.0 Å². The van der Waals surface area contributed by atoms with Gasteiger partial charge in [0.15, 0.2) is 5.76 Å². The Morgan fingerprint density at radius 1 is 0.900 bits per heavy atom. The molecule has 0 atom stereocenters. The van der Waals surface area contributed by atoms with E-state index in [1.54, 1.807) is 12.1 Å². The van der Waals surface area contributed by atoms with Crippen LogP contribution in [0.3, 0.4) is 0 Å². The van der Waals surface area contributed by atoms with Crippen LogP contribution in [0.15, 0.2) is 59.1 Å². The molecular formula is C16H11Cl2NO. The van der Waals surface area contributed by atoms with Crippen molar-refractivity contribution in [1.29, 1.82) is 0 Å². The van der Waals surface area contributed by atoms with Gasteiger partial charge in [0.25, 0.3) is 0 Å². The fourth-order valence-corrected chi connectivity index (χ4v) is 2.36. The number of hydrogen-bond donors (Lipinski definition) is 0. The number of hydrogen-bond acceptors (Lipinski definition) is 2. The maximum Gasteiger partial charge on any atom is 0.160 e. The largest absolute Gasteiger partial charge is 0.359 e. The van der Waals surface area contributed by atoms with E-state index in [0.717, 1.165) is 11.1 Å². The third-order valence-electron chi connectivity index (χ3n) is 3.03. The lowest BCUT2D eigenvalue weighted by Crippen LogP contribution is -1.85. The van der Waals surface area contributed by atoms with E-state index in [1.807, 2.05) is 42.5 Å². The first-order valence-electron chi connectivity index (χ1n) is 6.18. The smallest absolute Gasteiger partial charge is 0.160 e. The van der Waals surface area contributed by atoms with Crippen molar-refractivity contribution in [3.8, 4) is 11.3 Å². The monoisotopic (exact) mass is 303 g/mol. The summed E-state index contributed by atoms with van der Waals surface area (Å²) in [5.41, 5.74) is 2.67. The zero-order valence-corrected chi connectivity index (χ0v) is 12.0. The van der Waals surface area contributed by atoms with E-state index in [9.17, 15) is 0 Å². The Morgan fingerprint density at radius 2 is 1.60 bits per heavy atom. The van der Waals surface area contributed by atoms with Gasteiger partial charge in [-0.2, -0.15) is 0 Å². The minimum atomic E-state index is 0.552. The van der Waals surface area contributed by atoms with Crippen molar-refractivity contribution in [2.45, 2.75) is 6.42 Å². The standard InChI is InChI=1S/C16H11Cl2NO/c17-13-8-6-12(7-9-13)16-15(18)14(20-19-16)10-11-4-2-1-3-5-11/h1-9H,10H2. The van der Waals surface area contributed by atoms with Gasteiger partial charge in [-0.25, -0.2) is 0 Å². The minimum Gasteiger partial charge on any atom is -0.359 e. The molecule has 3 aromatic rings. The summed E-state index contributed by atoms with van der Waals surface area (Å²) in [6.07, 6.45) is 0.625. The molecule has 0 N–H and O–H groups in total. The maximum absolute atomic E-state index is 6.36. The SMILES string of the molecule is Clc1ccc(-c2noc(Cc3ccccc3)c2Cl)cc1. The number of nitrogens with zero attached hydrogens (tertiary/aromatic N) is 1. The molecule has 2 aromatic carbocycles. The van der Waals surface area contributed by atoms with Crippen LogP contribution in [0, 0.1) is 0 Å². The van der Waals surface area contributed by atoms with Crippen LogP contribution in [0.2, 0.25) is 10.0 Å². The van der Waals surface area contributed by atoms with E-state index in [2.05, 4.69) is 5.16 Å². The fraction of sp³-hybridized carbons (Fsp3) is 0.0625. The van der Waals surface area contributed by atoms with Crippen LogP contribution in [0.1, 0.15) is 11.3 Å². The highest BCUT2D eigenvalue weighted by atomic mass is 35.5. The molecule has 20 heavy (non-hydrogen) atoms. The topological polar surface area (TPSA) is 26.0 Å². The van der Waals surface area contributed by atoms with Crippen LogP contribution in [-0.2, 0) is 6.42 Å². The Labute approximate surface area is 126 Å². The second kappa shape index (κ2) is 5.70. The molecule has 0 unspecified atom stereocenters. The highest BCUT2D eigenvalue weighted by molar-refractivity contribution is 6.33. The molecule has 0 fully saturated rings. The van der Waals surface area contributed by atoms with E-state index in [0.29, 0.717) is 27.9 Å². The number of rotatable bonds is 3. The molecule has 2 nitrogen and oxygen atoms in total.